The van der Waals surface area contributed by atoms with Crippen LogP contribution in [0.5, 0.6) is 0 Å². The quantitative estimate of drug-likeness (QED) is 0.605. The van der Waals surface area contributed by atoms with Gasteiger partial charge in [0, 0.05) is 19.5 Å². The molecule has 6 nitrogen and oxygen atoms in total. The minimum Gasteiger partial charge on any atom is -0.395 e. The summed E-state index contributed by atoms with van der Waals surface area (Å²) in [6.07, 6.45) is 19.1. The van der Waals surface area contributed by atoms with Gasteiger partial charge in [0.2, 0.25) is 0 Å². The van der Waals surface area contributed by atoms with Crippen LogP contribution >= 0.6 is 0 Å². The summed E-state index contributed by atoms with van der Waals surface area (Å²) < 4.78 is 0. The largest absolute Gasteiger partial charge is 0.395 e. The molecule has 5 heterocycles. The SMILES string of the molecule is NC1=C(N)C2=NC1=CC1=NC(=CC3=NC(=CC4=NC(=C2)C=C4)C=C3)C=C1.[Zn]. The Morgan fingerprint density at radius 1 is 0.519 bits per heavy atom. The van der Waals surface area contributed by atoms with E-state index in [1.807, 2.05) is 60.8 Å². The molecule has 0 aromatic heterocycles. The third-order valence-corrected chi connectivity index (χ3v) is 4.29. The summed E-state index contributed by atoms with van der Waals surface area (Å²) >= 11 is 0. The van der Waals surface area contributed by atoms with Gasteiger partial charge in [0.05, 0.1) is 57.0 Å². The van der Waals surface area contributed by atoms with Gasteiger partial charge in [-0.25, -0.2) is 20.0 Å². The zero-order chi connectivity index (χ0) is 17.7. The van der Waals surface area contributed by atoms with Crippen molar-refractivity contribution in [1.82, 2.24) is 0 Å². The molecular formula is C20H14N6Zn. The maximum atomic E-state index is 6.13. The van der Waals surface area contributed by atoms with Gasteiger partial charge in [0.1, 0.15) is 0 Å². The van der Waals surface area contributed by atoms with Crippen molar-refractivity contribution in [3.05, 3.63) is 94.9 Å². The van der Waals surface area contributed by atoms with Crippen LogP contribution in [0, 0.1) is 0 Å². The van der Waals surface area contributed by atoms with Crippen molar-refractivity contribution in [2.45, 2.75) is 0 Å². The number of hydrogen-bond acceptors (Lipinski definition) is 6. The van der Waals surface area contributed by atoms with Gasteiger partial charge in [0.25, 0.3) is 0 Å². The first-order valence-electron chi connectivity index (χ1n) is 8.16. The second-order valence-electron chi connectivity index (χ2n) is 6.17. The Bertz CT molecular complexity index is 1130. The minimum atomic E-state index is 0. The number of nitrogens with zero attached hydrogens (tertiary/aromatic N) is 4. The number of hydrogen-bond donors (Lipinski definition) is 2. The third kappa shape index (κ3) is 3.18. The van der Waals surface area contributed by atoms with Crippen LogP contribution in [0.25, 0.3) is 0 Å². The van der Waals surface area contributed by atoms with Crippen molar-refractivity contribution in [1.29, 1.82) is 0 Å². The fourth-order valence-corrected chi connectivity index (χ4v) is 2.99. The van der Waals surface area contributed by atoms with E-state index < -0.39 is 0 Å². The fourth-order valence-electron chi connectivity index (χ4n) is 2.99. The van der Waals surface area contributed by atoms with Gasteiger partial charge in [0.15, 0.2) is 0 Å². The standard InChI is InChI=1S/C20H14N6.Zn/c21-19-17-9-15-5-3-13(24-15)7-11-1-2-12(23-11)8-14-4-6-16(25-14)10-18(26-17)20(19)22;/h1-10H,21-22H2;. The molecule has 7 heteroatoms. The normalized spacial score (nSPS) is 21.8. The fraction of sp³-hybridized carbons (Fsp3) is 0. The number of aliphatic imine (C=N–C) groups is 4. The van der Waals surface area contributed by atoms with Gasteiger partial charge in [-0.1, -0.05) is 0 Å². The van der Waals surface area contributed by atoms with Crippen molar-refractivity contribution in [3.8, 4) is 0 Å². The molecular weight excluding hydrogens is 390 g/mol. The molecule has 0 aromatic rings. The van der Waals surface area contributed by atoms with Crippen LogP contribution in [0.2, 0.25) is 0 Å². The average Bonchev–Trinajstić information content (AvgIpc) is 3.38. The average molecular weight is 404 g/mol. The van der Waals surface area contributed by atoms with Crippen molar-refractivity contribution in [2.24, 2.45) is 31.4 Å². The third-order valence-electron chi connectivity index (χ3n) is 4.29. The Kier molecular flexibility index (Phi) is 4.17. The molecule has 5 aliphatic rings. The Hall–Kier alpha value is -3.18. The number of allylic oxidation sites excluding steroid dienone is 10. The summed E-state index contributed by atoms with van der Waals surface area (Å²) in [7, 11) is 0. The van der Waals surface area contributed by atoms with Gasteiger partial charge in [-0.15, -0.1) is 0 Å². The molecule has 0 spiro atoms. The van der Waals surface area contributed by atoms with E-state index in [1.165, 1.54) is 0 Å². The summed E-state index contributed by atoms with van der Waals surface area (Å²) in [6, 6.07) is 0. The molecule has 0 atom stereocenters. The second-order valence-corrected chi connectivity index (χ2v) is 6.17. The summed E-state index contributed by atoms with van der Waals surface area (Å²) in [4.78, 5) is 18.3. The minimum absolute atomic E-state index is 0. The molecule has 0 unspecified atom stereocenters. The van der Waals surface area contributed by atoms with Crippen molar-refractivity contribution in [2.75, 3.05) is 0 Å². The molecule has 0 saturated heterocycles. The van der Waals surface area contributed by atoms with Gasteiger partial charge in [-0.2, -0.15) is 0 Å². The van der Waals surface area contributed by atoms with Crippen molar-refractivity contribution >= 4 is 22.8 Å². The van der Waals surface area contributed by atoms with E-state index in [9.17, 15) is 0 Å². The molecule has 0 amide bonds. The summed E-state index contributed by atoms with van der Waals surface area (Å²) in [6.45, 7) is 0. The maximum Gasteiger partial charge on any atom is 0.0910 e. The van der Waals surface area contributed by atoms with E-state index in [0.29, 0.717) is 22.8 Å². The van der Waals surface area contributed by atoms with Crippen LogP contribution < -0.4 is 11.5 Å². The molecule has 8 bridgehead atoms. The Balaban J connectivity index is 0.00000180. The van der Waals surface area contributed by atoms with Crippen LogP contribution in [0.1, 0.15) is 0 Å². The first kappa shape index (κ1) is 17.2. The molecule has 27 heavy (non-hydrogen) atoms. The molecule has 0 saturated carbocycles. The summed E-state index contributed by atoms with van der Waals surface area (Å²) in [5, 5.41) is 0. The Labute approximate surface area is 168 Å². The first-order chi connectivity index (χ1) is 12.6. The molecule has 0 fully saturated rings. The van der Waals surface area contributed by atoms with E-state index in [1.54, 1.807) is 0 Å². The Morgan fingerprint density at radius 3 is 1.56 bits per heavy atom. The molecule has 0 radical (unpaired) electrons. The predicted molar refractivity (Wildman–Crippen MR) is 105 cm³/mol. The zero-order valence-electron chi connectivity index (χ0n) is 14.4. The smallest absolute Gasteiger partial charge is 0.0910 e. The van der Waals surface area contributed by atoms with Gasteiger partial charge < -0.3 is 11.5 Å². The van der Waals surface area contributed by atoms with E-state index in [4.69, 9.17) is 11.5 Å². The van der Waals surface area contributed by atoms with Crippen LogP contribution in [-0.4, -0.2) is 22.8 Å². The summed E-state index contributed by atoms with van der Waals surface area (Å²) in [5.41, 5.74) is 19.3. The monoisotopic (exact) mass is 402 g/mol. The van der Waals surface area contributed by atoms with Crippen molar-refractivity contribution < 1.29 is 19.5 Å². The van der Waals surface area contributed by atoms with Gasteiger partial charge in [-0.05, 0) is 60.8 Å². The van der Waals surface area contributed by atoms with E-state index >= 15 is 0 Å². The maximum absolute atomic E-state index is 6.13. The topological polar surface area (TPSA) is 101 Å². The van der Waals surface area contributed by atoms with Crippen LogP contribution in [0.3, 0.4) is 0 Å². The molecule has 5 rings (SSSR count). The second kappa shape index (κ2) is 6.52. The van der Waals surface area contributed by atoms with Gasteiger partial charge >= 0.3 is 0 Å². The Morgan fingerprint density at radius 2 is 1.00 bits per heavy atom. The first-order valence-corrected chi connectivity index (χ1v) is 8.16. The number of rotatable bonds is 0. The zero-order valence-corrected chi connectivity index (χ0v) is 17.4. The number of fused-ring (bicyclic) bond motifs is 4. The van der Waals surface area contributed by atoms with Crippen molar-refractivity contribution in [3.63, 3.8) is 0 Å². The molecule has 0 aromatic carbocycles. The molecule has 126 valence electrons. The molecule has 5 aliphatic heterocycles. The van der Waals surface area contributed by atoms with E-state index in [2.05, 4.69) is 20.0 Å². The van der Waals surface area contributed by atoms with Gasteiger partial charge in [-0.3, -0.25) is 0 Å². The van der Waals surface area contributed by atoms with Crippen LogP contribution in [0.4, 0.5) is 0 Å². The van der Waals surface area contributed by atoms with Crippen LogP contribution in [-0.2, 0) is 19.5 Å². The molecule has 0 aliphatic carbocycles. The van der Waals surface area contributed by atoms with Crippen LogP contribution in [0.15, 0.2) is 115 Å². The van der Waals surface area contributed by atoms with E-state index in [-0.39, 0.29) is 19.5 Å². The van der Waals surface area contributed by atoms with E-state index in [0.717, 1.165) is 34.2 Å². The predicted octanol–water partition coefficient (Wildman–Crippen LogP) is 2.15. The molecule has 4 N–H and O–H groups in total. The summed E-state index contributed by atoms with van der Waals surface area (Å²) in [5.74, 6) is 0. The number of nitrogens with two attached hydrogens (primary N) is 2.